The largest absolute Gasteiger partial charge is 0.314 e. The van der Waals surface area contributed by atoms with E-state index in [1.165, 1.54) is 50.5 Å². The fourth-order valence-corrected chi connectivity index (χ4v) is 2.57. The van der Waals surface area contributed by atoms with E-state index in [-0.39, 0.29) is 0 Å². The minimum atomic E-state index is 0.673. The van der Waals surface area contributed by atoms with Gasteiger partial charge < -0.3 is 5.32 Å². The molecule has 0 aliphatic heterocycles. The molecule has 1 N–H and O–H groups in total. The maximum atomic E-state index is 4.23. The molecular weight excluding hydrogens is 234 g/mol. The number of aromatic nitrogens is 2. The second kappa shape index (κ2) is 10.0. The van der Waals surface area contributed by atoms with Gasteiger partial charge in [-0.2, -0.15) is 5.10 Å². The molecule has 19 heavy (non-hydrogen) atoms. The second-order valence-corrected chi connectivity index (χ2v) is 5.52. The number of nitrogens with zero attached hydrogens (tertiary/aromatic N) is 2. The number of hydrogen-bond acceptors (Lipinski definition) is 2. The van der Waals surface area contributed by atoms with Gasteiger partial charge in [0.05, 0.1) is 6.20 Å². The van der Waals surface area contributed by atoms with Crippen LogP contribution >= 0.6 is 0 Å². The molecule has 0 aliphatic carbocycles. The van der Waals surface area contributed by atoms with Crippen LogP contribution in [-0.4, -0.2) is 22.4 Å². The summed E-state index contributed by atoms with van der Waals surface area (Å²) in [5, 5.41) is 7.86. The molecule has 0 aromatic carbocycles. The third-order valence-corrected chi connectivity index (χ3v) is 3.69. The molecule has 0 spiro atoms. The molecular formula is C16H31N3. The smallest absolute Gasteiger partial charge is 0.0521 e. The Kier molecular flexibility index (Phi) is 8.55. The predicted molar refractivity (Wildman–Crippen MR) is 82.4 cm³/mol. The van der Waals surface area contributed by atoms with Crippen molar-refractivity contribution < 1.29 is 0 Å². The van der Waals surface area contributed by atoms with Gasteiger partial charge in [-0.05, 0) is 31.4 Å². The first-order chi connectivity index (χ1) is 9.26. The summed E-state index contributed by atoms with van der Waals surface area (Å²) in [6.07, 6.45) is 14.7. The zero-order valence-corrected chi connectivity index (χ0v) is 13.0. The van der Waals surface area contributed by atoms with Crippen LogP contribution in [0.5, 0.6) is 0 Å². The van der Waals surface area contributed by atoms with Crippen LogP contribution in [0.1, 0.15) is 64.4 Å². The molecule has 110 valence electrons. The van der Waals surface area contributed by atoms with Gasteiger partial charge in [-0.15, -0.1) is 0 Å². The van der Waals surface area contributed by atoms with Gasteiger partial charge in [0.2, 0.25) is 0 Å². The first-order valence-corrected chi connectivity index (χ1v) is 7.97. The Morgan fingerprint density at radius 1 is 1.16 bits per heavy atom. The van der Waals surface area contributed by atoms with Crippen molar-refractivity contribution in [2.24, 2.45) is 7.05 Å². The summed E-state index contributed by atoms with van der Waals surface area (Å²) in [5.74, 6) is 0. The third kappa shape index (κ3) is 7.36. The highest BCUT2D eigenvalue weighted by molar-refractivity contribution is 5.03. The molecule has 0 amide bonds. The lowest BCUT2D eigenvalue weighted by Gasteiger charge is -2.17. The van der Waals surface area contributed by atoms with Crippen molar-refractivity contribution in [1.82, 2.24) is 15.1 Å². The van der Waals surface area contributed by atoms with Gasteiger partial charge in [-0.25, -0.2) is 0 Å². The Morgan fingerprint density at radius 3 is 2.58 bits per heavy atom. The number of nitrogens with one attached hydrogen (secondary N) is 1. The van der Waals surface area contributed by atoms with Crippen molar-refractivity contribution in [3.8, 4) is 0 Å². The maximum Gasteiger partial charge on any atom is 0.0521 e. The molecule has 1 atom stereocenters. The van der Waals surface area contributed by atoms with Crippen LogP contribution in [0.25, 0.3) is 0 Å². The fraction of sp³-hybridized carbons (Fsp3) is 0.812. The van der Waals surface area contributed by atoms with Crippen LogP contribution in [0.3, 0.4) is 0 Å². The van der Waals surface area contributed by atoms with E-state index < -0.39 is 0 Å². The van der Waals surface area contributed by atoms with Crippen molar-refractivity contribution >= 4 is 0 Å². The molecule has 0 fully saturated rings. The second-order valence-electron chi connectivity index (χ2n) is 5.52. The van der Waals surface area contributed by atoms with Gasteiger partial charge in [-0.3, -0.25) is 4.68 Å². The quantitative estimate of drug-likeness (QED) is 0.618. The monoisotopic (exact) mass is 265 g/mol. The van der Waals surface area contributed by atoms with Gasteiger partial charge >= 0.3 is 0 Å². The Hall–Kier alpha value is -0.830. The van der Waals surface area contributed by atoms with Gasteiger partial charge in [0.15, 0.2) is 0 Å². The summed E-state index contributed by atoms with van der Waals surface area (Å²) in [7, 11) is 1.99. The average molecular weight is 265 g/mol. The maximum absolute atomic E-state index is 4.23. The van der Waals surface area contributed by atoms with E-state index in [0.717, 1.165) is 13.0 Å². The normalized spacial score (nSPS) is 12.8. The fourth-order valence-electron chi connectivity index (χ4n) is 2.57. The summed E-state index contributed by atoms with van der Waals surface area (Å²) >= 11 is 0. The first-order valence-electron chi connectivity index (χ1n) is 7.97. The zero-order chi connectivity index (χ0) is 13.9. The molecule has 3 nitrogen and oxygen atoms in total. The Labute approximate surface area is 118 Å². The summed E-state index contributed by atoms with van der Waals surface area (Å²) in [6, 6.07) is 0.673. The highest BCUT2D eigenvalue weighted by atomic mass is 15.2. The molecule has 1 heterocycles. The lowest BCUT2D eigenvalue weighted by atomic mass is 10.0. The average Bonchev–Trinajstić information content (AvgIpc) is 2.81. The molecule has 1 aromatic rings. The first kappa shape index (κ1) is 16.2. The van der Waals surface area contributed by atoms with Crippen molar-refractivity contribution in [3.63, 3.8) is 0 Å². The molecule has 1 aromatic heterocycles. The van der Waals surface area contributed by atoms with Gasteiger partial charge in [0, 0.05) is 19.3 Å². The van der Waals surface area contributed by atoms with Crippen LogP contribution in [0.15, 0.2) is 12.4 Å². The Bertz CT molecular complexity index is 320. The van der Waals surface area contributed by atoms with E-state index in [4.69, 9.17) is 0 Å². The van der Waals surface area contributed by atoms with Crippen molar-refractivity contribution in [3.05, 3.63) is 18.0 Å². The van der Waals surface area contributed by atoms with Crippen molar-refractivity contribution in [2.45, 2.75) is 71.3 Å². The topological polar surface area (TPSA) is 29.9 Å². The van der Waals surface area contributed by atoms with E-state index in [2.05, 4.69) is 30.5 Å². The van der Waals surface area contributed by atoms with Gasteiger partial charge in [-0.1, -0.05) is 46.0 Å². The number of unbranched alkanes of at least 4 members (excludes halogenated alkanes) is 4. The molecule has 1 unspecified atom stereocenters. The van der Waals surface area contributed by atoms with Crippen LogP contribution in [0, 0.1) is 0 Å². The minimum absolute atomic E-state index is 0.673. The summed E-state index contributed by atoms with van der Waals surface area (Å²) < 4.78 is 1.89. The van der Waals surface area contributed by atoms with E-state index in [0.29, 0.717) is 6.04 Å². The van der Waals surface area contributed by atoms with Crippen LogP contribution in [0.2, 0.25) is 0 Å². The van der Waals surface area contributed by atoms with Gasteiger partial charge in [0.25, 0.3) is 0 Å². The number of aryl methyl sites for hydroxylation is 2. The van der Waals surface area contributed by atoms with Crippen molar-refractivity contribution in [1.29, 1.82) is 0 Å². The lowest BCUT2D eigenvalue weighted by molar-refractivity contribution is 0.439. The van der Waals surface area contributed by atoms with Crippen LogP contribution in [-0.2, 0) is 13.5 Å². The molecule has 0 saturated heterocycles. The van der Waals surface area contributed by atoms with Crippen molar-refractivity contribution in [2.75, 3.05) is 6.54 Å². The third-order valence-electron chi connectivity index (χ3n) is 3.69. The van der Waals surface area contributed by atoms with E-state index in [1.54, 1.807) is 0 Å². The SMILES string of the molecule is CCCCCCCC(CCc1cnn(C)c1)NCC. The molecule has 0 saturated carbocycles. The number of hydrogen-bond donors (Lipinski definition) is 1. The zero-order valence-electron chi connectivity index (χ0n) is 13.0. The molecule has 0 radical (unpaired) electrons. The molecule has 0 bridgehead atoms. The molecule has 1 rings (SSSR count). The Balaban J connectivity index is 2.19. The summed E-state index contributed by atoms with van der Waals surface area (Å²) in [4.78, 5) is 0. The highest BCUT2D eigenvalue weighted by Crippen LogP contribution is 2.12. The van der Waals surface area contributed by atoms with E-state index in [9.17, 15) is 0 Å². The number of rotatable bonds is 11. The highest BCUT2D eigenvalue weighted by Gasteiger charge is 2.08. The predicted octanol–water partition coefficient (Wildman–Crippen LogP) is 3.69. The standard InChI is InChI=1S/C16H31N3/c1-4-6-7-8-9-10-16(17-5-2)12-11-15-13-18-19(3)14-15/h13-14,16-17H,4-12H2,1-3H3. The van der Waals surface area contributed by atoms with Gasteiger partial charge in [0.1, 0.15) is 0 Å². The van der Waals surface area contributed by atoms with E-state index >= 15 is 0 Å². The van der Waals surface area contributed by atoms with Crippen LogP contribution in [0.4, 0.5) is 0 Å². The van der Waals surface area contributed by atoms with E-state index in [1.807, 2.05) is 17.9 Å². The summed E-state index contributed by atoms with van der Waals surface area (Å²) in [6.45, 7) is 5.55. The lowest BCUT2D eigenvalue weighted by Crippen LogP contribution is -2.29. The molecule has 3 heteroatoms. The summed E-state index contributed by atoms with van der Waals surface area (Å²) in [5.41, 5.74) is 1.36. The Morgan fingerprint density at radius 2 is 1.95 bits per heavy atom. The van der Waals surface area contributed by atoms with Crippen LogP contribution < -0.4 is 5.32 Å². The molecule has 0 aliphatic rings. The minimum Gasteiger partial charge on any atom is -0.314 e.